The van der Waals surface area contributed by atoms with E-state index in [9.17, 15) is 9.18 Å². The van der Waals surface area contributed by atoms with Gasteiger partial charge in [0.25, 0.3) is 5.91 Å². The van der Waals surface area contributed by atoms with Crippen LogP contribution < -0.4 is 5.32 Å². The number of carbonyl (C=O) groups excluding carboxylic acids is 1. The van der Waals surface area contributed by atoms with Crippen LogP contribution in [0.15, 0.2) is 36.8 Å². The number of likely N-dealkylation sites (tertiary alicyclic amines) is 1. The second-order valence-corrected chi connectivity index (χ2v) is 11.7. The second kappa shape index (κ2) is 11.1. The highest BCUT2D eigenvalue weighted by atomic mass is 19.1. The summed E-state index contributed by atoms with van der Waals surface area (Å²) in [6.07, 6.45) is 10.7. The third-order valence-electron chi connectivity index (χ3n) is 8.99. The Morgan fingerprint density at radius 2 is 1.95 bits per heavy atom. The molecule has 0 unspecified atom stereocenters. The van der Waals surface area contributed by atoms with Crippen molar-refractivity contribution in [3.05, 3.63) is 59.3 Å². The normalized spacial score (nSPS) is 19.9. The lowest BCUT2D eigenvalue weighted by Crippen LogP contribution is -2.42. The van der Waals surface area contributed by atoms with Gasteiger partial charge >= 0.3 is 0 Å². The van der Waals surface area contributed by atoms with Crippen molar-refractivity contribution in [1.29, 1.82) is 0 Å². The lowest BCUT2D eigenvalue weighted by atomic mass is 9.90. The van der Waals surface area contributed by atoms with Gasteiger partial charge in [0.15, 0.2) is 0 Å². The summed E-state index contributed by atoms with van der Waals surface area (Å²) in [6, 6.07) is 5.16. The number of fused-ring (bicyclic) bond motifs is 1. The van der Waals surface area contributed by atoms with Crippen molar-refractivity contribution >= 4 is 16.8 Å². The Bertz CT molecular complexity index is 1290. The molecule has 2 aromatic heterocycles. The fourth-order valence-corrected chi connectivity index (χ4v) is 6.44. The van der Waals surface area contributed by atoms with Gasteiger partial charge in [-0.25, -0.2) is 4.39 Å². The quantitative estimate of drug-likeness (QED) is 0.466. The molecular weight excluding hydrogens is 477 g/mol. The molecule has 204 valence electrons. The van der Waals surface area contributed by atoms with Gasteiger partial charge in [-0.1, -0.05) is 0 Å². The molecule has 0 radical (unpaired) electrons. The van der Waals surface area contributed by atoms with Gasteiger partial charge in [-0.3, -0.25) is 9.78 Å². The Labute approximate surface area is 226 Å². The Morgan fingerprint density at radius 1 is 1.18 bits per heavy atom. The van der Waals surface area contributed by atoms with Crippen LogP contribution in [0, 0.1) is 24.6 Å². The number of nitrogens with one attached hydrogen (secondary N) is 1. The molecule has 4 heterocycles. The van der Waals surface area contributed by atoms with Crippen molar-refractivity contribution in [3.63, 3.8) is 0 Å². The number of benzene rings is 1. The van der Waals surface area contributed by atoms with Crippen molar-refractivity contribution in [2.24, 2.45) is 11.8 Å². The van der Waals surface area contributed by atoms with Crippen LogP contribution in [0.3, 0.4) is 0 Å². The van der Waals surface area contributed by atoms with Crippen LogP contribution >= 0.6 is 0 Å². The number of pyridine rings is 1. The molecule has 0 aliphatic carbocycles. The maximum Gasteiger partial charge on any atom is 0.256 e. The first-order valence-electron chi connectivity index (χ1n) is 14.2. The molecule has 2 saturated heterocycles. The van der Waals surface area contributed by atoms with E-state index in [1.54, 1.807) is 18.0 Å². The molecule has 2 aliphatic heterocycles. The van der Waals surface area contributed by atoms with Gasteiger partial charge in [-0.2, -0.15) is 0 Å². The Hall–Kier alpha value is -2.77. The molecule has 5 rings (SSSR count). The van der Waals surface area contributed by atoms with E-state index in [2.05, 4.69) is 39.8 Å². The van der Waals surface area contributed by atoms with Crippen molar-refractivity contribution in [2.75, 3.05) is 33.2 Å². The number of aryl methyl sites for hydroxylation is 1. The highest BCUT2D eigenvalue weighted by Crippen LogP contribution is 2.34. The molecule has 1 aromatic carbocycles. The first-order chi connectivity index (χ1) is 18.2. The minimum absolute atomic E-state index is 0.0112. The number of amides is 1. The van der Waals surface area contributed by atoms with E-state index >= 15 is 0 Å². The number of carbonyl (C=O) groups is 1. The number of halogens is 1. The van der Waals surface area contributed by atoms with Crippen LogP contribution in [0.1, 0.15) is 61.5 Å². The number of nitrogens with zero attached hydrogens (tertiary/aromatic N) is 4. The topological polar surface area (TPSA) is 53.4 Å². The van der Waals surface area contributed by atoms with E-state index in [0.717, 1.165) is 49.6 Å². The summed E-state index contributed by atoms with van der Waals surface area (Å²) in [5.41, 5.74) is 4.43. The lowest BCUT2D eigenvalue weighted by molar-refractivity contribution is 0.0754. The Balaban J connectivity index is 1.46. The molecule has 0 bridgehead atoms. The molecule has 1 N–H and O–H groups in total. The smallest absolute Gasteiger partial charge is 0.256 e. The minimum atomic E-state index is -0.408. The van der Waals surface area contributed by atoms with Crippen LogP contribution in [0.25, 0.3) is 16.6 Å². The largest absolute Gasteiger partial charge is 0.339 e. The van der Waals surface area contributed by atoms with Crippen molar-refractivity contribution in [1.82, 2.24) is 24.7 Å². The van der Waals surface area contributed by atoms with Crippen molar-refractivity contribution in [2.45, 2.75) is 65.5 Å². The van der Waals surface area contributed by atoms with Gasteiger partial charge in [-0.15, -0.1) is 0 Å². The highest BCUT2D eigenvalue weighted by Gasteiger charge is 2.32. The number of hydrogen-bond acceptors (Lipinski definition) is 4. The summed E-state index contributed by atoms with van der Waals surface area (Å²) in [7, 11) is 1.77. The molecule has 2 aliphatic rings. The van der Waals surface area contributed by atoms with Crippen molar-refractivity contribution < 1.29 is 9.18 Å². The zero-order valence-electron chi connectivity index (χ0n) is 23.5. The average molecular weight is 520 g/mol. The van der Waals surface area contributed by atoms with Gasteiger partial charge in [0.2, 0.25) is 0 Å². The molecule has 38 heavy (non-hydrogen) atoms. The fraction of sp³-hybridized carbons (Fsp3) is 0.548. The maximum atomic E-state index is 14.4. The van der Waals surface area contributed by atoms with Crippen LogP contribution in [0.4, 0.5) is 4.39 Å². The summed E-state index contributed by atoms with van der Waals surface area (Å²) in [6.45, 7) is 13.0. The minimum Gasteiger partial charge on any atom is -0.339 e. The van der Waals surface area contributed by atoms with E-state index in [1.165, 1.54) is 42.3 Å². The Morgan fingerprint density at radius 3 is 2.68 bits per heavy atom. The van der Waals surface area contributed by atoms with Crippen LogP contribution in [-0.2, 0) is 6.42 Å². The standard InChI is InChI=1S/C31H42FN5O/c1-20(2)35(5)31(38)27-15-26(32)6-7-28(27)37-19-25(30-21(3)16-34-17-29(30)37)14-23-10-13-36(18-23)22(4)24-8-11-33-12-9-24/h6-7,15-17,19-20,22-24,33H,8-14,18H2,1-5H3/t22-,23+/m1/s1. The summed E-state index contributed by atoms with van der Waals surface area (Å²) >= 11 is 0. The van der Waals surface area contributed by atoms with Gasteiger partial charge < -0.3 is 19.7 Å². The first kappa shape index (κ1) is 26.8. The number of piperidine rings is 1. The monoisotopic (exact) mass is 519 g/mol. The predicted octanol–water partition coefficient (Wildman–Crippen LogP) is 5.21. The molecule has 0 saturated carbocycles. The lowest BCUT2D eigenvalue weighted by Gasteiger charge is -2.34. The first-order valence-corrected chi connectivity index (χ1v) is 14.2. The summed E-state index contributed by atoms with van der Waals surface area (Å²) in [4.78, 5) is 22.2. The number of aromatic nitrogens is 2. The summed E-state index contributed by atoms with van der Waals surface area (Å²) in [5.74, 6) is 0.779. The molecule has 6 nitrogen and oxygen atoms in total. The number of rotatable bonds is 7. The average Bonchev–Trinajstić information content (AvgIpc) is 3.53. The van der Waals surface area contributed by atoms with Gasteiger partial charge in [0.05, 0.1) is 23.0 Å². The molecule has 3 aromatic rings. The van der Waals surface area contributed by atoms with E-state index in [4.69, 9.17) is 0 Å². The molecule has 2 fully saturated rings. The third-order valence-corrected chi connectivity index (χ3v) is 8.99. The van der Waals surface area contributed by atoms with Gasteiger partial charge in [-0.05, 0) is 114 Å². The van der Waals surface area contributed by atoms with Gasteiger partial charge in [0.1, 0.15) is 5.82 Å². The maximum absolute atomic E-state index is 14.4. The van der Waals surface area contributed by atoms with E-state index in [1.807, 2.05) is 26.2 Å². The van der Waals surface area contributed by atoms with Crippen LogP contribution in [-0.4, -0.2) is 70.6 Å². The summed E-state index contributed by atoms with van der Waals surface area (Å²) in [5, 5.41) is 4.69. The van der Waals surface area contributed by atoms with Gasteiger partial charge in [0, 0.05) is 43.5 Å². The Kier molecular flexibility index (Phi) is 7.87. The molecule has 0 spiro atoms. The molecular formula is C31H42FN5O. The zero-order valence-corrected chi connectivity index (χ0v) is 23.5. The van der Waals surface area contributed by atoms with E-state index < -0.39 is 5.82 Å². The highest BCUT2D eigenvalue weighted by molar-refractivity contribution is 5.99. The SMILES string of the molecule is Cc1cncc2c1c(C[C@@H]1CCN([C@H](C)C3CCNCC3)C1)cn2-c1ccc(F)cc1C(=O)N(C)C(C)C. The zero-order chi connectivity index (χ0) is 27.0. The fourth-order valence-electron chi connectivity index (χ4n) is 6.44. The number of hydrogen-bond donors (Lipinski definition) is 1. The molecule has 2 atom stereocenters. The van der Waals surface area contributed by atoms with Crippen LogP contribution in [0.2, 0.25) is 0 Å². The van der Waals surface area contributed by atoms with Crippen molar-refractivity contribution in [3.8, 4) is 5.69 Å². The van der Waals surface area contributed by atoms with Crippen LogP contribution in [0.5, 0.6) is 0 Å². The second-order valence-electron chi connectivity index (χ2n) is 11.7. The predicted molar refractivity (Wildman–Crippen MR) is 151 cm³/mol. The molecule has 1 amide bonds. The van der Waals surface area contributed by atoms with E-state index in [-0.39, 0.29) is 11.9 Å². The molecule has 7 heteroatoms. The van der Waals surface area contributed by atoms with E-state index in [0.29, 0.717) is 23.2 Å². The third kappa shape index (κ3) is 5.23. The summed E-state index contributed by atoms with van der Waals surface area (Å²) < 4.78 is 16.4.